The number of rotatable bonds is 4. The molecule has 0 spiro atoms. The van der Waals surface area contributed by atoms with Gasteiger partial charge in [-0.1, -0.05) is 40.6 Å². The van der Waals surface area contributed by atoms with Crippen LogP contribution in [0.5, 0.6) is 0 Å². The lowest BCUT2D eigenvalue weighted by Crippen LogP contribution is -2.23. The third-order valence-electron chi connectivity index (χ3n) is 3.39. The van der Waals surface area contributed by atoms with Crippen molar-refractivity contribution in [1.29, 1.82) is 0 Å². The Morgan fingerprint density at radius 3 is 2.80 bits per heavy atom. The fraction of sp³-hybridized carbons (Fsp3) is 0.500. The van der Waals surface area contributed by atoms with Crippen molar-refractivity contribution in [2.75, 3.05) is 6.26 Å². The molecule has 1 aromatic rings. The van der Waals surface area contributed by atoms with E-state index in [1.165, 1.54) is 12.8 Å². The van der Waals surface area contributed by atoms with Gasteiger partial charge in [-0.15, -0.1) is 0 Å². The Hall–Kier alpha value is -1.18. The quantitative estimate of drug-likeness (QED) is 0.171. The van der Waals surface area contributed by atoms with Crippen LogP contribution < -0.4 is 5.73 Å². The number of oxime groups is 1. The summed E-state index contributed by atoms with van der Waals surface area (Å²) < 4.78 is 14.7. The summed E-state index contributed by atoms with van der Waals surface area (Å²) in [6, 6.07) is 3.54. The van der Waals surface area contributed by atoms with Gasteiger partial charge in [0.2, 0.25) is 0 Å². The number of guanidine groups is 1. The number of pyridine rings is 1. The summed E-state index contributed by atoms with van der Waals surface area (Å²) in [5.41, 5.74) is 6.29. The number of halogens is 1. The number of aromatic nitrogens is 1. The molecule has 1 heterocycles. The van der Waals surface area contributed by atoms with Gasteiger partial charge in [-0.2, -0.15) is 4.36 Å². The molecule has 6 nitrogen and oxygen atoms in total. The van der Waals surface area contributed by atoms with E-state index in [0.717, 1.165) is 12.0 Å². The van der Waals surface area contributed by atoms with E-state index >= 15 is 0 Å². The second-order valence-corrected chi connectivity index (χ2v) is 8.31. The van der Waals surface area contributed by atoms with Crippen LogP contribution in [-0.4, -0.2) is 27.0 Å². The van der Waals surface area contributed by atoms with Crippen molar-refractivity contribution >= 4 is 27.7 Å². The van der Waals surface area contributed by atoms with Crippen LogP contribution in [0.2, 0.25) is 5.15 Å². The lowest BCUT2D eigenvalue weighted by atomic mass is 10.1. The van der Waals surface area contributed by atoms with Gasteiger partial charge < -0.3 is 15.5 Å². The van der Waals surface area contributed by atoms with Gasteiger partial charge in [0.1, 0.15) is 5.15 Å². The van der Waals surface area contributed by atoms with E-state index in [4.69, 9.17) is 22.5 Å². The smallest absolute Gasteiger partial charge is 0.263 e. The van der Waals surface area contributed by atoms with Gasteiger partial charge in [-0.3, -0.25) is 0 Å². The molecule has 1 aliphatic rings. The van der Waals surface area contributed by atoms with Crippen molar-refractivity contribution in [3.8, 4) is 0 Å². The van der Waals surface area contributed by atoms with Gasteiger partial charge in [0, 0.05) is 11.4 Å². The third-order valence-corrected chi connectivity index (χ3v) is 5.91. The van der Waals surface area contributed by atoms with Crippen LogP contribution in [0.1, 0.15) is 30.1 Å². The Labute approximate surface area is 123 Å². The van der Waals surface area contributed by atoms with Crippen LogP contribution in [-0.2, 0) is 10.1 Å². The first-order chi connectivity index (χ1) is 9.42. The zero-order chi connectivity index (χ0) is 14.8. The number of nitrogens with two attached hydrogens (primary N) is 1. The number of hydrogen-bond acceptors (Lipinski definition) is 3. The summed E-state index contributed by atoms with van der Waals surface area (Å²) in [5.74, 6) is 0.302. The summed E-state index contributed by atoms with van der Waals surface area (Å²) in [5, 5.41) is 11.7. The Morgan fingerprint density at radius 2 is 2.30 bits per heavy atom. The fourth-order valence-electron chi connectivity index (χ4n) is 2.17. The molecule has 2 rings (SSSR count). The standard InChI is InChI=1S/C12H19ClN4O2S/c1-20(19,17-12(14)16-18)10(6-8-2-3-8)9-4-5-11(13)15-7-9/h4-5,7-8,10,18,20H,2-3,6H2,1H3,(H3,14,16,17,19). The molecule has 0 aromatic carbocycles. The molecule has 1 aromatic heterocycles. The van der Waals surface area contributed by atoms with Gasteiger partial charge in [-0.25, -0.2) is 4.98 Å². The number of hydrogen-bond donors (Lipinski definition) is 4. The maximum absolute atomic E-state index is 10.7. The minimum absolute atomic E-state index is 0.167. The summed E-state index contributed by atoms with van der Waals surface area (Å²) in [7, 11) is -2.75. The van der Waals surface area contributed by atoms with Crippen LogP contribution in [0.15, 0.2) is 27.8 Å². The molecule has 20 heavy (non-hydrogen) atoms. The van der Waals surface area contributed by atoms with Gasteiger partial charge in [-0.05, 0) is 35.4 Å². The third kappa shape index (κ3) is 3.91. The molecule has 0 aliphatic heterocycles. The van der Waals surface area contributed by atoms with E-state index < -0.39 is 10.1 Å². The van der Waals surface area contributed by atoms with Gasteiger partial charge in [0.25, 0.3) is 5.96 Å². The van der Waals surface area contributed by atoms with Crippen molar-refractivity contribution in [3.05, 3.63) is 29.0 Å². The number of thiol groups is 1. The van der Waals surface area contributed by atoms with Crippen LogP contribution in [0.3, 0.4) is 0 Å². The van der Waals surface area contributed by atoms with Crippen LogP contribution in [0.4, 0.5) is 0 Å². The van der Waals surface area contributed by atoms with E-state index in [-0.39, 0.29) is 11.2 Å². The monoisotopic (exact) mass is 318 g/mol. The van der Waals surface area contributed by atoms with E-state index in [0.29, 0.717) is 11.1 Å². The molecule has 1 fully saturated rings. The summed E-state index contributed by atoms with van der Waals surface area (Å²) in [6.45, 7) is 0. The van der Waals surface area contributed by atoms with E-state index in [2.05, 4.69) is 14.5 Å². The maximum atomic E-state index is 10.7. The molecular formula is C12H19ClN4O2S. The number of nitrogens with zero attached hydrogens (tertiary/aromatic N) is 3. The highest BCUT2D eigenvalue weighted by Gasteiger charge is 2.31. The topological polar surface area (TPSA) is 104 Å². The molecular weight excluding hydrogens is 300 g/mol. The fourth-order valence-corrected chi connectivity index (χ4v) is 4.29. The van der Waals surface area contributed by atoms with Crippen LogP contribution in [0, 0.1) is 5.92 Å². The van der Waals surface area contributed by atoms with Crippen molar-refractivity contribution in [2.45, 2.75) is 24.5 Å². The van der Waals surface area contributed by atoms with E-state index in [1.807, 2.05) is 6.07 Å². The van der Waals surface area contributed by atoms with Crippen molar-refractivity contribution in [2.24, 2.45) is 21.2 Å². The van der Waals surface area contributed by atoms with Crippen molar-refractivity contribution in [3.63, 3.8) is 0 Å². The molecule has 8 heteroatoms. The van der Waals surface area contributed by atoms with Crippen molar-refractivity contribution in [1.82, 2.24) is 4.98 Å². The van der Waals surface area contributed by atoms with E-state index in [9.17, 15) is 4.55 Å². The summed E-state index contributed by atoms with van der Waals surface area (Å²) in [4.78, 5) is 4.06. The van der Waals surface area contributed by atoms with Crippen LogP contribution in [0.25, 0.3) is 0 Å². The Bertz CT molecular complexity index is 551. The zero-order valence-electron chi connectivity index (χ0n) is 11.1. The largest absolute Gasteiger partial charge is 0.408 e. The molecule has 0 saturated heterocycles. The molecule has 4 N–H and O–H groups in total. The van der Waals surface area contributed by atoms with Crippen molar-refractivity contribution < 1.29 is 9.76 Å². The van der Waals surface area contributed by atoms with Crippen LogP contribution >= 0.6 is 11.6 Å². The highest BCUT2D eigenvalue weighted by molar-refractivity contribution is 7.99. The molecule has 1 atom stereocenters. The normalized spacial score (nSPS) is 18.6. The highest BCUT2D eigenvalue weighted by Crippen LogP contribution is 2.42. The zero-order valence-corrected chi connectivity index (χ0v) is 12.8. The molecule has 0 radical (unpaired) electrons. The minimum Gasteiger partial charge on any atom is -0.408 e. The van der Waals surface area contributed by atoms with Gasteiger partial charge >= 0.3 is 0 Å². The lowest BCUT2D eigenvalue weighted by molar-refractivity contribution is 0.317. The first-order valence-corrected chi connectivity index (χ1v) is 8.92. The Balaban J connectivity index is 2.36. The predicted octanol–water partition coefficient (Wildman–Crippen LogP) is 2.45. The molecule has 1 saturated carbocycles. The minimum atomic E-state index is -2.75. The van der Waals surface area contributed by atoms with E-state index in [1.54, 1.807) is 18.5 Å². The predicted molar refractivity (Wildman–Crippen MR) is 82.5 cm³/mol. The maximum Gasteiger partial charge on any atom is 0.263 e. The molecule has 1 unspecified atom stereocenters. The SMILES string of the molecule is C[SH](O)(=NC(N)=NO)C(CC1CC1)c1ccc(Cl)nc1. The van der Waals surface area contributed by atoms with Gasteiger partial charge in [0.05, 0.1) is 0 Å². The first kappa shape index (κ1) is 15.2. The Morgan fingerprint density at radius 1 is 1.60 bits per heavy atom. The lowest BCUT2D eigenvalue weighted by Gasteiger charge is -2.29. The first-order valence-electron chi connectivity index (χ1n) is 6.33. The molecule has 112 valence electrons. The van der Waals surface area contributed by atoms with Gasteiger partial charge in [0.15, 0.2) is 0 Å². The molecule has 1 aliphatic carbocycles. The molecule has 0 bridgehead atoms. The average molecular weight is 319 g/mol. The highest BCUT2D eigenvalue weighted by atomic mass is 35.5. The Kier molecular flexibility index (Phi) is 4.62. The molecule has 0 amide bonds. The summed E-state index contributed by atoms with van der Waals surface area (Å²) >= 11 is 5.80. The second-order valence-electron chi connectivity index (χ2n) is 5.15. The average Bonchev–Trinajstić information content (AvgIpc) is 3.20. The second kappa shape index (κ2) is 6.07. The summed E-state index contributed by atoms with van der Waals surface area (Å²) in [6.07, 6.45) is 6.48.